The molecule has 1 saturated heterocycles. The van der Waals surface area contributed by atoms with Gasteiger partial charge in [0, 0.05) is 18.6 Å². The van der Waals surface area contributed by atoms with Crippen LogP contribution in [-0.4, -0.2) is 36.2 Å². The molecule has 0 aliphatic carbocycles. The minimum Gasteiger partial charge on any atom is -0.335 e. The van der Waals surface area contributed by atoms with Crippen LogP contribution in [0.5, 0.6) is 0 Å². The Labute approximate surface area is 78.3 Å². The van der Waals surface area contributed by atoms with Crippen molar-refractivity contribution in [3.63, 3.8) is 0 Å². The lowest BCUT2D eigenvalue weighted by Crippen LogP contribution is -2.48. The number of likely N-dealkylation sites (tertiary alicyclic amines) is 1. The molecule has 1 aliphatic heterocycles. The van der Waals surface area contributed by atoms with Gasteiger partial charge in [-0.3, -0.25) is 0 Å². The fourth-order valence-corrected chi connectivity index (χ4v) is 1.73. The van der Waals surface area contributed by atoms with Crippen LogP contribution in [0.3, 0.4) is 0 Å². The van der Waals surface area contributed by atoms with E-state index in [0.29, 0.717) is 0 Å². The summed E-state index contributed by atoms with van der Waals surface area (Å²) in [6.07, 6.45) is 2.06. The maximum absolute atomic E-state index is 11.8. The van der Waals surface area contributed by atoms with Crippen molar-refractivity contribution in [1.29, 1.82) is 0 Å². The Morgan fingerprint density at radius 2 is 2.31 bits per heavy atom. The van der Waals surface area contributed by atoms with Crippen molar-refractivity contribution in [2.45, 2.75) is 32.2 Å². The fraction of sp³-hybridized carbons (Fsp3) is 0.889. The number of hydrogen-bond donors (Lipinski definition) is 1. The van der Waals surface area contributed by atoms with E-state index in [0.717, 1.165) is 19.4 Å². The molecule has 76 valence electrons. The third kappa shape index (κ3) is 2.32. The van der Waals surface area contributed by atoms with Crippen LogP contribution in [0.2, 0.25) is 0 Å². The minimum absolute atomic E-state index is 0.0691. The number of amides is 2. The van der Waals surface area contributed by atoms with Crippen LogP contribution in [-0.2, 0) is 0 Å². The van der Waals surface area contributed by atoms with Crippen molar-refractivity contribution in [3.8, 4) is 0 Å². The first-order valence-corrected chi connectivity index (χ1v) is 4.69. The van der Waals surface area contributed by atoms with Crippen LogP contribution >= 0.6 is 0 Å². The van der Waals surface area contributed by atoms with Gasteiger partial charge in [-0.2, -0.15) is 0 Å². The first-order chi connectivity index (χ1) is 6.08. The molecule has 1 N–H and O–H groups in total. The Balaban J connectivity index is 2.46. The Kier molecular flexibility index (Phi) is 3.12. The highest BCUT2D eigenvalue weighted by Crippen LogP contribution is 2.27. The van der Waals surface area contributed by atoms with Gasteiger partial charge in [0.1, 0.15) is 6.67 Å². The summed E-state index contributed by atoms with van der Waals surface area (Å²) in [6.45, 7) is 4.47. The smallest absolute Gasteiger partial charge is 0.317 e. The summed E-state index contributed by atoms with van der Waals surface area (Å²) in [7, 11) is 0. The lowest BCUT2D eigenvalue weighted by molar-refractivity contribution is 0.164. The number of hydrogen-bond acceptors (Lipinski definition) is 1. The number of alkyl halides is 1. The van der Waals surface area contributed by atoms with Gasteiger partial charge in [-0.1, -0.05) is 0 Å². The minimum atomic E-state index is -0.500. The molecule has 0 aromatic carbocycles. The normalized spacial score (nSPS) is 20.4. The molecule has 4 heteroatoms. The third-order valence-electron chi connectivity index (χ3n) is 2.52. The maximum atomic E-state index is 11.8. The van der Waals surface area contributed by atoms with Crippen molar-refractivity contribution in [1.82, 2.24) is 10.2 Å². The van der Waals surface area contributed by atoms with Crippen molar-refractivity contribution in [2.24, 2.45) is 0 Å². The monoisotopic (exact) mass is 188 g/mol. The number of carbonyl (C=O) groups is 1. The summed E-state index contributed by atoms with van der Waals surface area (Å²) < 4.78 is 11.8. The van der Waals surface area contributed by atoms with Crippen LogP contribution in [0, 0.1) is 0 Å². The molecule has 3 nitrogen and oxygen atoms in total. The molecule has 0 unspecified atom stereocenters. The van der Waals surface area contributed by atoms with E-state index >= 15 is 0 Å². The van der Waals surface area contributed by atoms with Crippen molar-refractivity contribution in [2.75, 3.05) is 19.8 Å². The van der Waals surface area contributed by atoms with Gasteiger partial charge >= 0.3 is 6.03 Å². The van der Waals surface area contributed by atoms with E-state index in [2.05, 4.69) is 5.32 Å². The molecular formula is C9H17FN2O. The first kappa shape index (κ1) is 10.3. The summed E-state index contributed by atoms with van der Waals surface area (Å²) in [5.74, 6) is 0. The first-order valence-electron chi connectivity index (χ1n) is 4.69. The van der Waals surface area contributed by atoms with Crippen LogP contribution < -0.4 is 5.32 Å². The highest BCUT2D eigenvalue weighted by Gasteiger charge is 2.34. The average molecular weight is 188 g/mol. The zero-order valence-corrected chi connectivity index (χ0v) is 8.27. The van der Waals surface area contributed by atoms with Gasteiger partial charge in [-0.25, -0.2) is 9.18 Å². The Bertz CT molecular complexity index is 194. The zero-order valence-electron chi connectivity index (χ0n) is 8.27. The van der Waals surface area contributed by atoms with E-state index in [1.807, 2.05) is 13.8 Å². The Morgan fingerprint density at radius 1 is 1.62 bits per heavy atom. The van der Waals surface area contributed by atoms with Gasteiger partial charge in [-0.05, 0) is 26.7 Å². The standard InChI is InChI=1S/C9H17FN2O/c1-9(2)4-3-7-12(9)8(13)11-6-5-10/h3-7H2,1-2H3,(H,11,13). The molecule has 1 rings (SSSR count). The molecule has 1 aliphatic rings. The molecular weight excluding hydrogens is 171 g/mol. The Morgan fingerprint density at radius 3 is 2.77 bits per heavy atom. The van der Waals surface area contributed by atoms with Gasteiger partial charge in [0.2, 0.25) is 0 Å². The van der Waals surface area contributed by atoms with E-state index in [9.17, 15) is 9.18 Å². The van der Waals surface area contributed by atoms with Crippen LogP contribution in [0.25, 0.3) is 0 Å². The van der Waals surface area contributed by atoms with Crippen molar-refractivity contribution in [3.05, 3.63) is 0 Å². The predicted octanol–water partition coefficient (Wildman–Crippen LogP) is 1.54. The van der Waals surface area contributed by atoms with Crippen LogP contribution in [0.15, 0.2) is 0 Å². The van der Waals surface area contributed by atoms with E-state index in [4.69, 9.17) is 0 Å². The van der Waals surface area contributed by atoms with Gasteiger partial charge < -0.3 is 10.2 Å². The van der Waals surface area contributed by atoms with Gasteiger partial charge in [0.15, 0.2) is 0 Å². The molecule has 0 atom stereocenters. The number of rotatable bonds is 2. The number of nitrogens with one attached hydrogen (secondary N) is 1. The summed E-state index contributed by atoms with van der Waals surface area (Å²) in [4.78, 5) is 13.2. The second-order valence-corrected chi connectivity index (χ2v) is 3.99. The summed E-state index contributed by atoms with van der Waals surface area (Å²) in [5, 5.41) is 2.54. The molecule has 2 amide bonds. The third-order valence-corrected chi connectivity index (χ3v) is 2.52. The summed E-state index contributed by atoms with van der Waals surface area (Å²) in [5.41, 5.74) is -0.0691. The molecule has 0 aromatic rings. The van der Waals surface area contributed by atoms with Gasteiger partial charge in [-0.15, -0.1) is 0 Å². The predicted molar refractivity (Wildman–Crippen MR) is 49.4 cm³/mol. The van der Waals surface area contributed by atoms with Crippen molar-refractivity contribution < 1.29 is 9.18 Å². The molecule has 1 fully saturated rings. The lowest BCUT2D eigenvalue weighted by atomic mass is 10.0. The van der Waals surface area contributed by atoms with E-state index in [-0.39, 0.29) is 18.1 Å². The maximum Gasteiger partial charge on any atom is 0.317 e. The van der Waals surface area contributed by atoms with Crippen LogP contribution in [0.1, 0.15) is 26.7 Å². The number of nitrogens with zero attached hydrogens (tertiary/aromatic N) is 1. The van der Waals surface area contributed by atoms with Gasteiger partial charge in [0.05, 0.1) is 0 Å². The molecule has 0 spiro atoms. The lowest BCUT2D eigenvalue weighted by Gasteiger charge is -2.31. The fourth-order valence-electron chi connectivity index (χ4n) is 1.73. The molecule has 0 aromatic heterocycles. The van der Waals surface area contributed by atoms with E-state index in [1.165, 1.54) is 0 Å². The molecule has 0 radical (unpaired) electrons. The van der Waals surface area contributed by atoms with Gasteiger partial charge in [0.25, 0.3) is 0 Å². The quantitative estimate of drug-likeness (QED) is 0.700. The Hall–Kier alpha value is -0.800. The molecule has 13 heavy (non-hydrogen) atoms. The number of carbonyl (C=O) groups excluding carboxylic acids is 1. The number of halogens is 1. The van der Waals surface area contributed by atoms with Crippen molar-refractivity contribution >= 4 is 6.03 Å². The number of urea groups is 1. The molecule has 0 saturated carbocycles. The molecule has 0 bridgehead atoms. The second-order valence-electron chi connectivity index (χ2n) is 3.99. The van der Waals surface area contributed by atoms with Crippen LogP contribution in [0.4, 0.5) is 9.18 Å². The largest absolute Gasteiger partial charge is 0.335 e. The van der Waals surface area contributed by atoms with E-state index < -0.39 is 6.67 Å². The highest BCUT2D eigenvalue weighted by atomic mass is 19.1. The zero-order chi connectivity index (χ0) is 9.90. The second kappa shape index (κ2) is 3.94. The summed E-state index contributed by atoms with van der Waals surface area (Å²) in [6, 6.07) is -0.139. The molecule has 1 heterocycles. The summed E-state index contributed by atoms with van der Waals surface area (Å²) >= 11 is 0. The average Bonchev–Trinajstić information content (AvgIpc) is 2.41. The van der Waals surface area contributed by atoms with E-state index in [1.54, 1.807) is 4.90 Å². The topological polar surface area (TPSA) is 32.3 Å². The highest BCUT2D eigenvalue weighted by molar-refractivity contribution is 5.75. The SMILES string of the molecule is CC1(C)CCCN1C(=O)NCCF.